The van der Waals surface area contributed by atoms with Gasteiger partial charge in [-0.2, -0.15) is 0 Å². The van der Waals surface area contributed by atoms with Gasteiger partial charge in [-0.1, -0.05) is 6.07 Å². The van der Waals surface area contributed by atoms with Crippen LogP contribution in [0.15, 0.2) is 30.3 Å². The lowest BCUT2D eigenvalue weighted by atomic mass is 10.0. The van der Waals surface area contributed by atoms with E-state index in [1.807, 2.05) is 43.0 Å². The number of hydrogen-bond donors (Lipinski definition) is 1. The predicted molar refractivity (Wildman–Crippen MR) is 90.1 cm³/mol. The van der Waals surface area contributed by atoms with E-state index < -0.39 is 0 Å². The molecule has 0 spiro atoms. The Morgan fingerprint density at radius 1 is 1.04 bits per heavy atom. The van der Waals surface area contributed by atoms with Gasteiger partial charge in [0.15, 0.2) is 0 Å². The fraction of sp³-hybridized carbons (Fsp3) is 0.263. The van der Waals surface area contributed by atoms with Gasteiger partial charge in [0.05, 0.1) is 12.1 Å². The van der Waals surface area contributed by atoms with Gasteiger partial charge in [-0.05, 0) is 66.8 Å². The SMILES string of the molecule is Cc1cc(C)cc(NC(=O)c2cc3c4c(c2)CC(=O)N4CC3)c1. The second-order valence-electron chi connectivity index (χ2n) is 6.45. The van der Waals surface area contributed by atoms with E-state index in [0.29, 0.717) is 12.0 Å². The van der Waals surface area contributed by atoms with Gasteiger partial charge >= 0.3 is 0 Å². The van der Waals surface area contributed by atoms with Crippen LogP contribution in [0.25, 0.3) is 0 Å². The maximum absolute atomic E-state index is 12.6. The minimum Gasteiger partial charge on any atom is -0.322 e. The summed E-state index contributed by atoms with van der Waals surface area (Å²) in [5.41, 5.74) is 6.81. The maximum atomic E-state index is 12.6. The number of rotatable bonds is 2. The number of nitrogens with one attached hydrogen (secondary N) is 1. The van der Waals surface area contributed by atoms with Crippen molar-refractivity contribution >= 4 is 23.2 Å². The van der Waals surface area contributed by atoms with Crippen LogP contribution < -0.4 is 10.2 Å². The number of nitrogens with zero attached hydrogens (tertiary/aromatic N) is 1. The Morgan fingerprint density at radius 3 is 2.48 bits per heavy atom. The summed E-state index contributed by atoms with van der Waals surface area (Å²) in [5, 5.41) is 2.97. The van der Waals surface area contributed by atoms with E-state index in [-0.39, 0.29) is 11.8 Å². The summed E-state index contributed by atoms with van der Waals surface area (Å²) in [6, 6.07) is 9.78. The van der Waals surface area contributed by atoms with Crippen LogP contribution in [0, 0.1) is 13.8 Å². The number of aryl methyl sites for hydroxylation is 2. The Labute approximate surface area is 135 Å². The second kappa shape index (κ2) is 4.95. The Bertz CT molecular complexity index is 834. The van der Waals surface area contributed by atoms with Crippen LogP contribution in [0.4, 0.5) is 11.4 Å². The molecule has 0 saturated heterocycles. The number of benzene rings is 2. The summed E-state index contributed by atoms with van der Waals surface area (Å²) < 4.78 is 0. The Kier molecular flexibility index (Phi) is 3.01. The molecule has 2 aromatic rings. The van der Waals surface area contributed by atoms with E-state index in [0.717, 1.165) is 46.6 Å². The smallest absolute Gasteiger partial charge is 0.255 e. The molecule has 116 valence electrons. The van der Waals surface area contributed by atoms with E-state index in [9.17, 15) is 9.59 Å². The molecular formula is C19H18N2O2. The topological polar surface area (TPSA) is 49.4 Å². The van der Waals surface area contributed by atoms with Gasteiger partial charge in [-0.25, -0.2) is 0 Å². The molecule has 2 aromatic carbocycles. The number of anilines is 2. The molecule has 1 N–H and O–H groups in total. The lowest BCUT2D eigenvalue weighted by Crippen LogP contribution is -2.24. The highest BCUT2D eigenvalue weighted by Crippen LogP contribution is 2.38. The normalized spacial score (nSPS) is 15.0. The van der Waals surface area contributed by atoms with Crippen molar-refractivity contribution in [2.45, 2.75) is 26.7 Å². The molecule has 0 unspecified atom stereocenters. The summed E-state index contributed by atoms with van der Waals surface area (Å²) >= 11 is 0. The summed E-state index contributed by atoms with van der Waals surface area (Å²) in [4.78, 5) is 26.4. The lowest BCUT2D eigenvalue weighted by Gasteiger charge is -2.11. The fourth-order valence-electron chi connectivity index (χ4n) is 3.67. The summed E-state index contributed by atoms with van der Waals surface area (Å²) in [6.45, 7) is 4.76. The molecule has 2 heterocycles. The number of amides is 2. The van der Waals surface area contributed by atoms with Crippen molar-refractivity contribution in [3.8, 4) is 0 Å². The number of hydrogen-bond acceptors (Lipinski definition) is 2. The third-order valence-corrected chi connectivity index (χ3v) is 4.53. The van der Waals surface area contributed by atoms with E-state index in [4.69, 9.17) is 0 Å². The van der Waals surface area contributed by atoms with Gasteiger partial charge in [-0.15, -0.1) is 0 Å². The molecule has 2 aliphatic rings. The molecule has 0 saturated carbocycles. The van der Waals surface area contributed by atoms with Gasteiger partial charge in [0.25, 0.3) is 5.91 Å². The van der Waals surface area contributed by atoms with Crippen LogP contribution in [0.2, 0.25) is 0 Å². The molecule has 4 rings (SSSR count). The van der Waals surface area contributed by atoms with Crippen molar-refractivity contribution in [2.24, 2.45) is 0 Å². The van der Waals surface area contributed by atoms with Gasteiger partial charge in [0.2, 0.25) is 5.91 Å². The average molecular weight is 306 g/mol. The van der Waals surface area contributed by atoms with Gasteiger partial charge < -0.3 is 10.2 Å². The highest BCUT2D eigenvalue weighted by Gasteiger charge is 2.34. The fourth-order valence-corrected chi connectivity index (χ4v) is 3.67. The zero-order chi connectivity index (χ0) is 16.1. The van der Waals surface area contributed by atoms with E-state index >= 15 is 0 Å². The molecule has 0 radical (unpaired) electrons. The first-order chi connectivity index (χ1) is 11.0. The lowest BCUT2D eigenvalue weighted by molar-refractivity contribution is -0.117. The van der Waals surface area contributed by atoms with E-state index in [2.05, 4.69) is 11.4 Å². The Balaban J connectivity index is 1.65. The van der Waals surface area contributed by atoms with Crippen molar-refractivity contribution in [1.29, 1.82) is 0 Å². The third-order valence-electron chi connectivity index (χ3n) is 4.53. The van der Waals surface area contributed by atoms with Crippen LogP contribution in [-0.4, -0.2) is 18.4 Å². The highest BCUT2D eigenvalue weighted by molar-refractivity contribution is 6.08. The molecule has 0 aliphatic carbocycles. The molecule has 0 bridgehead atoms. The molecule has 23 heavy (non-hydrogen) atoms. The largest absolute Gasteiger partial charge is 0.322 e. The van der Waals surface area contributed by atoms with Crippen molar-refractivity contribution < 1.29 is 9.59 Å². The zero-order valence-corrected chi connectivity index (χ0v) is 13.3. The van der Waals surface area contributed by atoms with Crippen LogP contribution in [0.3, 0.4) is 0 Å². The van der Waals surface area contributed by atoms with Gasteiger partial charge in [0, 0.05) is 17.8 Å². The monoisotopic (exact) mass is 306 g/mol. The predicted octanol–water partition coefficient (Wildman–Crippen LogP) is 3.00. The van der Waals surface area contributed by atoms with Crippen molar-refractivity contribution in [2.75, 3.05) is 16.8 Å². The third kappa shape index (κ3) is 2.31. The quantitative estimate of drug-likeness (QED) is 0.927. The van der Waals surface area contributed by atoms with Crippen LogP contribution in [-0.2, 0) is 17.6 Å². The summed E-state index contributed by atoms with van der Waals surface area (Å²) in [7, 11) is 0. The molecule has 2 aliphatic heterocycles. The van der Waals surface area contributed by atoms with Crippen LogP contribution >= 0.6 is 0 Å². The average Bonchev–Trinajstić information content (AvgIpc) is 3.03. The first-order valence-electron chi connectivity index (χ1n) is 7.87. The first kappa shape index (κ1) is 14.0. The van der Waals surface area contributed by atoms with Crippen LogP contribution in [0.1, 0.15) is 32.6 Å². The zero-order valence-electron chi connectivity index (χ0n) is 13.3. The summed E-state index contributed by atoms with van der Waals surface area (Å²) in [5.74, 6) is 0.0254. The minimum atomic E-state index is -0.119. The Hall–Kier alpha value is -2.62. The second-order valence-corrected chi connectivity index (χ2v) is 6.45. The highest BCUT2D eigenvalue weighted by atomic mass is 16.2. The van der Waals surface area contributed by atoms with Crippen molar-refractivity contribution in [3.63, 3.8) is 0 Å². The molecule has 0 aromatic heterocycles. The molecular weight excluding hydrogens is 288 g/mol. The van der Waals surface area contributed by atoms with Crippen LogP contribution in [0.5, 0.6) is 0 Å². The minimum absolute atomic E-state index is 0.119. The first-order valence-corrected chi connectivity index (χ1v) is 7.87. The maximum Gasteiger partial charge on any atom is 0.255 e. The standard InChI is InChI=1S/C19H18N2O2/c1-11-5-12(2)7-16(6-11)20-19(23)15-8-13-3-4-21-17(22)10-14(9-15)18(13)21/h5-9H,3-4,10H2,1-2H3,(H,20,23). The summed E-state index contributed by atoms with van der Waals surface area (Å²) in [6.07, 6.45) is 1.24. The number of carbonyl (C=O) groups is 2. The van der Waals surface area contributed by atoms with Crippen molar-refractivity contribution in [1.82, 2.24) is 0 Å². The van der Waals surface area contributed by atoms with E-state index in [1.165, 1.54) is 0 Å². The molecule has 4 nitrogen and oxygen atoms in total. The Morgan fingerprint density at radius 2 is 1.74 bits per heavy atom. The van der Waals surface area contributed by atoms with Gasteiger partial charge in [-0.3, -0.25) is 9.59 Å². The molecule has 0 atom stereocenters. The number of carbonyl (C=O) groups excluding carboxylic acids is 2. The molecule has 4 heteroatoms. The molecule has 0 fully saturated rings. The van der Waals surface area contributed by atoms with E-state index in [1.54, 1.807) is 0 Å². The van der Waals surface area contributed by atoms with Gasteiger partial charge in [0.1, 0.15) is 0 Å². The molecule has 2 amide bonds. The van der Waals surface area contributed by atoms with Crippen molar-refractivity contribution in [3.05, 3.63) is 58.1 Å².